The van der Waals surface area contributed by atoms with Gasteiger partial charge >= 0.3 is 15.6 Å². The highest BCUT2D eigenvalue weighted by Crippen LogP contribution is 2.61. The lowest BCUT2D eigenvalue weighted by Gasteiger charge is -2.59. The minimum absolute atomic E-state index is 0.0152. The first-order valence-corrected chi connectivity index (χ1v) is 20.5. The molecule has 0 saturated heterocycles. The van der Waals surface area contributed by atoms with Gasteiger partial charge in [0.2, 0.25) is 0 Å². The second kappa shape index (κ2) is 9.92. The lowest BCUT2D eigenvalue weighted by Crippen LogP contribution is -2.60. The van der Waals surface area contributed by atoms with Crippen LogP contribution in [-0.2, 0) is 23.2 Å². The van der Waals surface area contributed by atoms with Gasteiger partial charge in [0.25, 0.3) is 0 Å². The summed E-state index contributed by atoms with van der Waals surface area (Å²) < 4.78 is 82.3. The van der Waals surface area contributed by atoms with Gasteiger partial charge in [0.15, 0.2) is 16.6 Å². The molecule has 5 nitrogen and oxygen atoms in total. The van der Waals surface area contributed by atoms with Gasteiger partial charge in [0.1, 0.15) is 5.76 Å². The number of halogens is 3. The molecular weight excluding hydrogens is 538 g/mol. The minimum Gasteiger partial charge on any atom is -0.416 e. The zero-order valence-corrected chi connectivity index (χ0v) is 27.7. The number of allylic oxidation sites excluding steroid dienone is 2. The molecule has 0 aromatic carbocycles. The average Bonchev–Trinajstić information content (AvgIpc) is 2.67. The second-order valence-corrected chi connectivity index (χ2v) is 25.7. The quantitative estimate of drug-likeness (QED) is 0.170. The number of hydrogen-bond acceptors (Lipinski definition) is 5. The summed E-state index contributed by atoms with van der Waals surface area (Å²) in [4.78, 5) is 0. The molecule has 0 bridgehead atoms. The Hall–Kier alpha value is -0.366. The Bertz CT molecular complexity index is 980. The van der Waals surface area contributed by atoms with Crippen LogP contribution in [0, 0.1) is 16.7 Å². The van der Waals surface area contributed by atoms with Crippen LogP contribution in [0.15, 0.2) is 11.8 Å². The zero-order valence-electron chi connectivity index (χ0n) is 24.9. The molecule has 4 atom stereocenters. The number of rotatable bonds is 7. The average molecular weight is 587 g/mol. The lowest BCUT2D eigenvalue weighted by atomic mass is 9.51. The molecule has 2 aliphatic carbocycles. The fourth-order valence-corrected chi connectivity index (χ4v) is 8.36. The molecule has 0 radical (unpaired) electrons. The van der Waals surface area contributed by atoms with Crippen LogP contribution in [0.4, 0.5) is 13.2 Å². The van der Waals surface area contributed by atoms with Crippen LogP contribution >= 0.6 is 0 Å². The first-order chi connectivity index (χ1) is 16.2. The van der Waals surface area contributed by atoms with E-state index >= 15 is 0 Å². The summed E-state index contributed by atoms with van der Waals surface area (Å²) in [6.45, 7) is 26.3. The fraction of sp³-hybridized carbons (Fsp3) is 0.923. The summed E-state index contributed by atoms with van der Waals surface area (Å²) in [6.07, 6.45) is 3.57. The van der Waals surface area contributed by atoms with Crippen LogP contribution in [0.3, 0.4) is 0 Å². The molecule has 0 amide bonds. The highest BCUT2D eigenvalue weighted by atomic mass is 32.2. The van der Waals surface area contributed by atoms with Gasteiger partial charge in [0, 0.05) is 17.4 Å². The van der Waals surface area contributed by atoms with E-state index in [0.29, 0.717) is 32.3 Å². The Balaban J connectivity index is 2.55. The first kappa shape index (κ1) is 32.8. The maximum atomic E-state index is 13.2. The summed E-state index contributed by atoms with van der Waals surface area (Å²) in [5, 5.41) is -0.0326. The van der Waals surface area contributed by atoms with Gasteiger partial charge in [-0.1, -0.05) is 55.4 Å². The molecule has 0 spiro atoms. The second-order valence-electron chi connectivity index (χ2n) is 14.6. The number of alkyl halides is 3. The number of fused-ring (bicyclic) bond motifs is 1. The van der Waals surface area contributed by atoms with Crippen LogP contribution in [0.25, 0.3) is 0 Å². The first-order valence-electron chi connectivity index (χ1n) is 13.2. The molecule has 2 rings (SSSR count). The smallest absolute Gasteiger partial charge is 0.416 e. The van der Waals surface area contributed by atoms with Crippen molar-refractivity contribution in [3.63, 3.8) is 0 Å². The monoisotopic (exact) mass is 586 g/mol. The van der Waals surface area contributed by atoms with Gasteiger partial charge in [-0.15, -0.1) is 0 Å². The molecule has 0 unspecified atom stereocenters. The molecule has 0 aromatic heterocycles. The normalized spacial score (nSPS) is 30.5. The summed E-state index contributed by atoms with van der Waals surface area (Å²) in [5.41, 5.74) is -6.90. The maximum absolute atomic E-state index is 13.2. The van der Waals surface area contributed by atoms with Crippen molar-refractivity contribution >= 4 is 26.8 Å². The standard InChI is InChI=1S/C26H49F3O5SSi2/c1-22(2,3)36(9,10)32-18-25(8)19-14-13-15-20(33-35(30,31)26(27,28)29)24(19,7)17-16-21(25)34-37(11,12)23(4,5)6/h15,19,21H,13-14,16-18H2,1-12H3/t19-,21+,24+,25+/m1/s1. The van der Waals surface area contributed by atoms with Crippen molar-refractivity contribution in [3.8, 4) is 0 Å². The van der Waals surface area contributed by atoms with Crippen molar-refractivity contribution in [2.45, 2.75) is 129 Å². The Kier molecular flexibility index (Phi) is 8.81. The Labute approximate surface area is 225 Å². The Morgan fingerprint density at radius 1 is 0.946 bits per heavy atom. The van der Waals surface area contributed by atoms with Crippen LogP contribution < -0.4 is 0 Å². The molecule has 218 valence electrons. The van der Waals surface area contributed by atoms with Gasteiger partial charge in [-0.05, 0) is 73.9 Å². The largest absolute Gasteiger partial charge is 0.534 e. The maximum Gasteiger partial charge on any atom is 0.534 e. The van der Waals surface area contributed by atoms with E-state index in [1.54, 1.807) is 0 Å². The van der Waals surface area contributed by atoms with E-state index in [4.69, 9.17) is 13.0 Å². The van der Waals surface area contributed by atoms with Crippen molar-refractivity contribution < 1.29 is 34.6 Å². The van der Waals surface area contributed by atoms with E-state index < -0.39 is 43.1 Å². The van der Waals surface area contributed by atoms with Gasteiger partial charge < -0.3 is 13.0 Å². The SMILES string of the molecule is CC(C)(C)[Si](C)(C)OC[C@]1(C)[C@@H](O[Si](C)(C)C(C)(C)C)CC[C@]2(C)C(OS(=O)(=O)C(F)(F)F)=CCC[C@@H]12. The molecule has 1 saturated carbocycles. The van der Waals surface area contributed by atoms with Crippen molar-refractivity contribution in [2.24, 2.45) is 16.7 Å². The molecule has 11 heteroatoms. The van der Waals surface area contributed by atoms with Crippen LogP contribution in [0.5, 0.6) is 0 Å². The third kappa shape index (κ3) is 6.36. The van der Waals surface area contributed by atoms with E-state index in [1.165, 1.54) is 6.08 Å². The molecule has 0 N–H and O–H groups in total. The molecule has 1 fully saturated rings. The highest BCUT2D eigenvalue weighted by molar-refractivity contribution is 7.87. The fourth-order valence-electron chi connectivity index (χ4n) is 5.21. The van der Waals surface area contributed by atoms with E-state index in [9.17, 15) is 21.6 Å². The van der Waals surface area contributed by atoms with E-state index in [-0.39, 0.29) is 27.9 Å². The van der Waals surface area contributed by atoms with Gasteiger partial charge in [-0.25, -0.2) is 0 Å². The zero-order chi connectivity index (χ0) is 29.1. The molecule has 37 heavy (non-hydrogen) atoms. The lowest BCUT2D eigenvalue weighted by molar-refractivity contribution is -0.123. The third-order valence-corrected chi connectivity index (χ3v) is 19.8. The summed E-state index contributed by atoms with van der Waals surface area (Å²) in [5.74, 6) is -0.262. The van der Waals surface area contributed by atoms with Crippen molar-refractivity contribution in [2.75, 3.05) is 6.61 Å². The molecule has 0 heterocycles. The van der Waals surface area contributed by atoms with E-state index in [2.05, 4.69) is 74.7 Å². The van der Waals surface area contributed by atoms with Crippen molar-refractivity contribution in [3.05, 3.63) is 11.8 Å². The third-order valence-electron chi connectivity index (χ3n) is 9.85. The van der Waals surface area contributed by atoms with Crippen molar-refractivity contribution in [1.29, 1.82) is 0 Å². The Morgan fingerprint density at radius 3 is 1.92 bits per heavy atom. The summed E-state index contributed by atoms with van der Waals surface area (Å²) in [6, 6.07) is 0. The van der Waals surface area contributed by atoms with Crippen LogP contribution in [-0.4, -0.2) is 43.3 Å². The minimum atomic E-state index is -5.76. The Morgan fingerprint density at radius 2 is 1.46 bits per heavy atom. The van der Waals surface area contributed by atoms with E-state index in [0.717, 1.165) is 0 Å². The molecule has 0 aliphatic heterocycles. The van der Waals surface area contributed by atoms with Gasteiger partial charge in [0.05, 0.1) is 6.10 Å². The van der Waals surface area contributed by atoms with Crippen LogP contribution in [0.1, 0.15) is 81.1 Å². The van der Waals surface area contributed by atoms with Crippen molar-refractivity contribution in [1.82, 2.24) is 0 Å². The summed E-state index contributed by atoms with van der Waals surface area (Å²) in [7, 11) is -10.1. The van der Waals surface area contributed by atoms with Crippen LogP contribution in [0.2, 0.25) is 36.3 Å². The number of hydrogen-bond donors (Lipinski definition) is 0. The molecule has 0 aromatic rings. The highest BCUT2D eigenvalue weighted by Gasteiger charge is 2.60. The van der Waals surface area contributed by atoms with Gasteiger partial charge in [-0.3, -0.25) is 0 Å². The predicted octanol–water partition coefficient (Wildman–Crippen LogP) is 8.37. The van der Waals surface area contributed by atoms with Gasteiger partial charge in [-0.2, -0.15) is 21.6 Å². The summed E-state index contributed by atoms with van der Waals surface area (Å²) >= 11 is 0. The molecular formula is C26H49F3O5SSi2. The molecule has 2 aliphatic rings. The topological polar surface area (TPSA) is 61.8 Å². The van der Waals surface area contributed by atoms with E-state index in [1.807, 2.05) is 6.92 Å². The predicted molar refractivity (Wildman–Crippen MR) is 148 cm³/mol.